The van der Waals surface area contributed by atoms with E-state index in [-0.39, 0.29) is 6.02 Å². The smallest absolute Gasteiger partial charge is 0.415 e. The highest BCUT2D eigenvalue weighted by atomic mass is 19.1. The van der Waals surface area contributed by atoms with Gasteiger partial charge in [-0.1, -0.05) is 0 Å². The van der Waals surface area contributed by atoms with Gasteiger partial charge in [-0.2, -0.15) is 0 Å². The number of nitrogens with zero attached hydrogens (tertiary/aromatic N) is 1. The summed E-state index contributed by atoms with van der Waals surface area (Å²) in [6.07, 6.45) is -0.207. The van der Waals surface area contributed by atoms with Gasteiger partial charge in [-0.05, 0) is 45.9 Å². The predicted molar refractivity (Wildman–Crippen MR) is 85.5 cm³/mol. The van der Waals surface area contributed by atoms with Gasteiger partial charge < -0.3 is 15.2 Å². The van der Waals surface area contributed by atoms with E-state index >= 15 is 0 Å². The molecule has 1 atom stereocenters. The van der Waals surface area contributed by atoms with Crippen LogP contribution in [0.2, 0.25) is 0 Å². The van der Waals surface area contributed by atoms with E-state index in [1.54, 1.807) is 33.8 Å². The predicted octanol–water partition coefficient (Wildman–Crippen LogP) is 2.92. The molecule has 6 nitrogen and oxygen atoms in total. The van der Waals surface area contributed by atoms with Gasteiger partial charge in [-0.25, -0.2) is 19.5 Å². The van der Waals surface area contributed by atoms with E-state index in [2.05, 4.69) is 10.3 Å². The Bertz CT molecular complexity index is 640. The molecule has 0 saturated heterocycles. The lowest BCUT2D eigenvalue weighted by molar-refractivity contribution is 0.0542. The number of rotatable bonds is 1. The van der Waals surface area contributed by atoms with Crippen LogP contribution in [0.5, 0.6) is 0 Å². The van der Waals surface area contributed by atoms with Crippen LogP contribution in [0.4, 0.5) is 14.9 Å². The van der Waals surface area contributed by atoms with Crippen LogP contribution < -0.4 is 11.1 Å². The highest BCUT2D eigenvalue weighted by molar-refractivity contribution is 5.91. The van der Waals surface area contributed by atoms with E-state index in [1.165, 1.54) is 12.1 Å². The molecule has 23 heavy (non-hydrogen) atoms. The molecule has 0 aromatic heterocycles. The van der Waals surface area contributed by atoms with Gasteiger partial charge in [0.05, 0.1) is 12.1 Å². The Labute approximate surface area is 134 Å². The van der Waals surface area contributed by atoms with Crippen molar-refractivity contribution in [3.63, 3.8) is 0 Å². The number of benzene rings is 1. The van der Waals surface area contributed by atoms with Crippen molar-refractivity contribution in [1.29, 1.82) is 0 Å². The molecule has 0 bridgehead atoms. The second-order valence-corrected chi connectivity index (χ2v) is 6.66. The third-order valence-corrected chi connectivity index (χ3v) is 3.35. The second-order valence-electron chi connectivity index (χ2n) is 6.66. The van der Waals surface area contributed by atoms with Gasteiger partial charge in [0.15, 0.2) is 0 Å². The molecule has 1 aromatic carbocycles. The summed E-state index contributed by atoms with van der Waals surface area (Å²) in [5, 5.41) is 2.45. The van der Waals surface area contributed by atoms with Crippen molar-refractivity contribution < 1.29 is 18.7 Å². The quantitative estimate of drug-likeness (QED) is 0.778. The Hall–Kier alpha value is -2.31. The summed E-state index contributed by atoms with van der Waals surface area (Å²) < 4.78 is 24.6. The van der Waals surface area contributed by atoms with E-state index in [4.69, 9.17) is 15.2 Å². The van der Waals surface area contributed by atoms with Crippen molar-refractivity contribution in [3.05, 3.63) is 29.6 Å². The number of hydrogen-bond acceptors (Lipinski definition) is 5. The van der Waals surface area contributed by atoms with Gasteiger partial charge in [-0.15, -0.1) is 0 Å². The Balaban J connectivity index is 2.23. The highest BCUT2D eigenvalue weighted by Crippen LogP contribution is 2.34. The molecule has 0 fully saturated rings. The maximum absolute atomic E-state index is 14.1. The van der Waals surface area contributed by atoms with E-state index in [0.717, 1.165) is 0 Å². The van der Waals surface area contributed by atoms with E-state index in [1.807, 2.05) is 0 Å². The van der Waals surface area contributed by atoms with Crippen LogP contribution in [-0.4, -0.2) is 24.3 Å². The molecule has 126 valence electrons. The first kappa shape index (κ1) is 17.1. The maximum Gasteiger partial charge on any atom is 0.415 e. The lowest BCUT2D eigenvalue weighted by atomic mass is 9.88. The number of ether oxygens (including phenoxy) is 2. The summed E-state index contributed by atoms with van der Waals surface area (Å²) in [5.41, 5.74) is 5.05. The number of carbonyl (C=O) groups excluding carboxylic acids is 1. The summed E-state index contributed by atoms with van der Waals surface area (Å²) in [6, 6.07) is 4.36. The molecule has 1 unspecified atom stereocenters. The molecule has 3 N–H and O–H groups in total. The van der Waals surface area contributed by atoms with Crippen LogP contribution >= 0.6 is 0 Å². The Kier molecular flexibility index (Phi) is 4.49. The number of nitrogens with two attached hydrogens (primary N) is 1. The molecule has 1 aromatic rings. The minimum atomic E-state index is -0.873. The minimum Gasteiger partial charge on any atom is -0.465 e. The zero-order valence-corrected chi connectivity index (χ0v) is 13.8. The van der Waals surface area contributed by atoms with Crippen LogP contribution in [0.3, 0.4) is 0 Å². The zero-order valence-electron chi connectivity index (χ0n) is 13.8. The summed E-state index contributed by atoms with van der Waals surface area (Å²) in [4.78, 5) is 16.2. The van der Waals surface area contributed by atoms with E-state index in [0.29, 0.717) is 24.3 Å². The lowest BCUT2D eigenvalue weighted by Gasteiger charge is -2.31. The monoisotopic (exact) mass is 323 g/mol. The van der Waals surface area contributed by atoms with Crippen LogP contribution in [-0.2, 0) is 15.0 Å². The molecule has 0 radical (unpaired) electrons. The van der Waals surface area contributed by atoms with Crippen molar-refractivity contribution in [1.82, 2.24) is 5.32 Å². The second kappa shape index (κ2) is 6.06. The van der Waals surface area contributed by atoms with Crippen molar-refractivity contribution in [2.75, 3.05) is 12.3 Å². The van der Waals surface area contributed by atoms with Gasteiger partial charge in [0, 0.05) is 17.7 Å². The first-order valence-corrected chi connectivity index (χ1v) is 7.37. The third-order valence-electron chi connectivity index (χ3n) is 3.35. The Morgan fingerprint density at radius 2 is 2.17 bits per heavy atom. The largest absolute Gasteiger partial charge is 0.465 e. The van der Waals surface area contributed by atoms with E-state index in [9.17, 15) is 9.18 Å². The number of hydrogen-bond donors (Lipinski definition) is 2. The standard InChI is InChI=1S/C16H22FN3O3/c1-15(2,3)23-14(21)19-13-20-16(4,7-8-22-13)11-9-10(18)5-6-12(11)17/h5-6,9H,7-8,18H2,1-4H3,(H,19,20,21). The van der Waals surface area contributed by atoms with Crippen LogP contribution in [0.1, 0.15) is 39.7 Å². The van der Waals surface area contributed by atoms with E-state index < -0.39 is 23.1 Å². The fraction of sp³-hybridized carbons (Fsp3) is 0.500. The lowest BCUT2D eigenvalue weighted by Crippen LogP contribution is -2.42. The first-order valence-electron chi connectivity index (χ1n) is 7.37. The number of amides is 1. The summed E-state index contributed by atoms with van der Waals surface area (Å²) in [7, 11) is 0. The van der Waals surface area contributed by atoms with Crippen LogP contribution in [0.15, 0.2) is 23.2 Å². The highest BCUT2D eigenvalue weighted by Gasteiger charge is 2.34. The number of carbonyl (C=O) groups is 1. The van der Waals surface area contributed by atoms with Crippen LogP contribution in [0.25, 0.3) is 0 Å². The minimum absolute atomic E-state index is 0.00910. The van der Waals surface area contributed by atoms with Gasteiger partial charge in [0.25, 0.3) is 6.02 Å². The SMILES string of the molecule is CC(C)(C)OC(=O)NC1=NC(C)(c2cc(N)ccc2F)CCO1. The third kappa shape index (κ3) is 4.34. The Morgan fingerprint density at radius 1 is 1.48 bits per heavy atom. The maximum atomic E-state index is 14.1. The number of halogens is 1. The van der Waals surface area contributed by atoms with Crippen molar-refractivity contribution in [2.45, 2.75) is 45.3 Å². The van der Waals surface area contributed by atoms with Crippen LogP contribution in [0, 0.1) is 5.82 Å². The molecular formula is C16H22FN3O3. The summed E-state index contributed by atoms with van der Waals surface area (Å²) in [6.45, 7) is 7.32. The average Bonchev–Trinajstić information content (AvgIpc) is 2.39. The van der Waals surface area contributed by atoms with Gasteiger partial charge in [0.2, 0.25) is 0 Å². The van der Waals surface area contributed by atoms with Crippen molar-refractivity contribution in [2.24, 2.45) is 4.99 Å². The number of alkyl carbamates (subject to hydrolysis) is 1. The average molecular weight is 323 g/mol. The Morgan fingerprint density at radius 3 is 2.83 bits per heavy atom. The fourth-order valence-electron chi connectivity index (χ4n) is 2.26. The summed E-state index contributed by atoms with van der Waals surface area (Å²) in [5.74, 6) is -0.399. The molecule has 1 aliphatic rings. The van der Waals surface area contributed by atoms with Crippen molar-refractivity contribution in [3.8, 4) is 0 Å². The molecular weight excluding hydrogens is 301 g/mol. The molecule has 1 aliphatic heterocycles. The topological polar surface area (TPSA) is 85.9 Å². The van der Waals surface area contributed by atoms with Gasteiger partial charge in [-0.3, -0.25) is 0 Å². The van der Waals surface area contributed by atoms with Gasteiger partial charge >= 0.3 is 6.09 Å². The summed E-state index contributed by atoms with van der Waals surface area (Å²) >= 11 is 0. The van der Waals surface area contributed by atoms with Gasteiger partial charge in [0.1, 0.15) is 11.4 Å². The zero-order chi connectivity index (χ0) is 17.3. The molecule has 0 saturated carbocycles. The van der Waals surface area contributed by atoms with Crippen molar-refractivity contribution >= 4 is 17.8 Å². The fourth-order valence-corrected chi connectivity index (χ4v) is 2.26. The number of anilines is 1. The molecule has 0 spiro atoms. The number of nitrogen functional groups attached to an aromatic ring is 1. The first-order chi connectivity index (χ1) is 10.6. The number of nitrogens with one attached hydrogen (secondary N) is 1. The molecule has 1 amide bonds. The number of amidine groups is 1. The molecule has 0 aliphatic carbocycles. The normalized spacial score (nSPS) is 21.2. The molecule has 1 heterocycles. The molecule has 2 rings (SSSR count). The molecule has 7 heteroatoms. The number of aliphatic imine (C=N–C) groups is 1.